The van der Waals surface area contributed by atoms with Gasteiger partial charge in [-0.15, -0.1) is 0 Å². The van der Waals surface area contributed by atoms with E-state index in [-0.39, 0.29) is 0 Å². The number of para-hydroxylation sites is 2. The minimum absolute atomic E-state index is 0.553. The van der Waals surface area contributed by atoms with Crippen LogP contribution in [0.15, 0.2) is 79.4 Å². The van der Waals surface area contributed by atoms with Crippen LogP contribution in [0.2, 0.25) is 5.02 Å². The number of rotatable bonds is 7. The molecule has 0 saturated carbocycles. The molecule has 4 rings (SSSR count). The van der Waals surface area contributed by atoms with Crippen molar-refractivity contribution in [2.45, 2.75) is 6.54 Å². The molecule has 0 radical (unpaired) electrons. The van der Waals surface area contributed by atoms with Crippen LogP contribution in [0.25, 0.3) is 28.6 Å². The van der Waals surface area contributed by atoms with Crippen LogP contribution >= 0.6 is 11.6 Å². The summed E-state index contributed by atoms with van der Waals surface area (Å²) in [4.78, 5) is 0. The molecule has 0 aliphatic rings. The van der Waals surface area contributed by atoms with Gasteiger partial charge in [-0.1, -0.05) is 72.8 Å². The van der Waals surface area contributed by atoms with Crippen LogP contribution in [-0.4, -0.2) is 24.0 Å². The Morgan fingerprint density at radius 2 is 1.45 bits per heavy atom. The molecule has 0 N–H and O–H groups in total. The molecule has 1 aromatic heterocycles. The fourth-order valence-electron chi connectivity index (χ4n) is 3.60. The number of halogens is 1. The standard InChI is InChI=1S/C26H23ClN2O2/c1-4-18-13-15-19(16-14-18)17-29-26(21-10-6-8-12-23(21)31-3)24(27)25(28-29)20-9-5-7-11-22(20)30-2/h4-16H,1,17H2,2-3H3. The molecular formula is C26H23ClN2O2. The minimum atomic E-state index is 0.553. The topological polar surface area (TPSA) is 36.3 Å². The molecule has 0 aliphatic heterocycles. The van der Waals surface area contributed by atoms with Crippen molar-refractivity contribution in [3.05, 3.63) is 95.5 Å². The Morgan fingerprint density at radius 3 is 2.06 bits per heavy atom. The second kappa shape index (κ2) is 9.11. The zero-order valence-corrected chi connectivity index (χ0v) is 18.3. The summed E-state index contributed by atoms with van der Waals surface area (Å²) in [6.07, 6.45) is 1.83. The average Bonchev–Trinajstić information content (AvgIpc) is 3.14. The first kappa shape index (κ1) is 20.8. The minimum Gasteiger partial charge on any atom is -0.496 e. The summed E-state index contributed by atoms with van der Waals surface area (Å²) in [6, 6.07) is 23.8. The molecule has 1 heterocycles. The van der Waals surface area contributed by atoms with Gasteiger partial charge in [-0.25, -0.2) is 0 Å². The third-order valence-electron chi connectivity index (χ3n) is 5.17. The van der Waals surface area contributed by atoms with Crippen molar-refractivity contribution in [2.75, 3.05) is 14.2 Å². The van der Waals surface area contributed by atoms with E-state index in [4.69, 9.17) is 26.2 Å². The Kier molecular flexibility index (Phi) is 6.10. The highest BCUT2D eigenvalue weighted by molar-refractivity contribution is 6.35. The van der Waals surface area contributed by atoms with E-state index in [1.165, 1.54) is 0 Å². The van der Waals surface area contributed by atoms with E-state index < -0.39 is 0 Å². The maximum absolute atomic E-state index is 6.96. The van der Waals surface area contributed by atoms with Gasteiger partial charge in [-0.3, -0.25) is 4.68 Å². The highest BCUT2D eigenvalue weighted by atomic mass is 35.5. The van der Waals surface area contributed by atoms with Crippen molar-refractivity contribution in [3.8, 4) is 34.0 Å². The smallest absolute Gasteiger partial charge is 0.128 e. The van der Waals surface area contributed by atoms with Gasteiger partial charge in [0, 0.05) is 11.1 Å². The van der Waals surface area contributed by atoms with Crippen molar-refractivity contribution < 1.29 is 9.47 Å². The Labute approximate surface area is 187 Å². The number of benzene rings is 3. The van der Waals surface area contributed by atoms with E-state index in [0.29, 0.717) is 17.3 Å². The molecule has 0 amide bonds. The zero-order chi connectivity index (χ0) is 21.8. The van der Waals surface area contributed by atoms with Crippen molar-refractivity contribution in [2.24, 2.45) is 0 Å². The molecule has 156 valence electrons. The van der Waals surface area contributed by atoms with Gasteiger partial charge in [-0.2, -0.15) is 5.10 Å². The quantitative estimate of drug-likeness (QED) is 0.332. The molecule has 4 nitrogen and oxygen atoms in total. The molecule has 5 heteroatoms. The molecule has 0 fully saturated rings. The van der Waals surface area contributed by atoms with Gasteiger partial charge < -0.3 is 9.47 Å². The van der Waals surface area contributed by atoms with Crippen molar-refractivity contribution >= 4 is 17.7 Å². The largest absolute Gasteiger partial charge is 0.496 e. The summed E-state index contributed by atoms with van der Waals surface area (Å²) in [5.74, 6) is 1.45. The lowest BCUT2D eigenvalue weighted by Gasteiger charge is -2.12. The van der Waals surface area contributed by atoms with E-state index in [2.05, 4.69) is 18.7 Å². The molecule has 4 aromatic rings. The summed E-state index contributed by atoms with van der Waals surface area (Å²) in [6.45, 7) is 4.38. The maximum Gasteiger partial charge on any atom is 0.128 e. The van der Waals surface area contributed by atoms with Gasteiger partial charge >= 0.3 is 0 Å². The average molecular weight is 431 g/mol. The second-order valence-corrected chi connectivity index (χ2v) is 7.39. The van der Waals surface area contributed by atoms with Crippen molar-refractivity contribution in [3.63, 3.8) is 0 Å². The van der Waals surface area contributed by atoms with E-state index in [9.17, 15) is 0 Å². The monoisotopic (exact) mass is 430 g/mol. The normalized spacial score (nSPS) is 10.7. The Balaban J connectivity index is 1.90. The van der Waals surface area contributed by atoms with Gasteiger partial charge in [0.05, 0.1) is 31.5 Å². The molecular weight excluding hydrogens is 408 g/mol. The molecule has 0 unspecified atom stereocenters. The van der Waals surface area contributed by atoms with E-state index in [1.54, 1.807) is 14.2 Å². The maximum atomic E-state index is 6.96. The summed E-state index contributed by atoms with van der Waals surface area (Å²) in [5, 5.41) is 5.46. The van der Waals surface area contributed by atoms with Crippen molar-refractivity contribution in [1.29, 1.82) is 0 Å². The van der Waals surface area contributed by atoms with Crippen molar-refractivity contribution in [1.82, 2.24) is 9.78 Å². The number of aromatic nitrogens is 2. The van der Waals surface area contributed by atoms with Gasteiger partial charge in [0.15, 0.2) is 0 Å². The van der Waals surface area contributed by atoms with Gasteiger partial charge in [0.2, 0.25) is 0 Å². The highest BCUT2D eigenvalue weighted by Gasteiger charge is 2.23. The van der Waals surface area contributed by atoms with E-state index in [0.717, 1.165) is 39.4 Å². The lowest BCUT2D eigenvalue weighted by Crippen LogP contribution is -2.05. The van der Waals surface area contributed by atoms with Gasteiger partial charge in [0.1, 0.15) is 17.2 Å². The van der Waals surface area contributed by atoms with Crippen LogP contribution in [0.3, 0.4) is 0 Å². The number of hydrogen-bond donors (Lipinski definition) is 0. The van der Waals surface area contributed by atoms with Gasteiger partial charge in [0.25, 0.3) is 0 Å². The lowest BCUT2D eigenvalue weighted by atomic mass is 10.1. The highest BCUT2D eigenvalue weighted by Crippen LogP contribution is 2.42. The summed E-state index contributed by atoms with van der Waals surface area (Å²) >= 11 is 6.96. The van der Waals surface area contributed by atoms with Crippen LogP contribution < -0.4 is 9.47 Å². The van der Waals surface area contributed by atoms with Crippen LogP contribution in [0.4, 0.5) is 0 Å². The summed E-state index contributed by atoms with van der Waals surface area (Å²) in [7, 11) is 3.30. The Morgan fingerprint density at radius 1 is 0.871 bits per heavy atom. The van der Waals surface area contributed by atoms with Crippen LogP contribution in [0.1, 0.15) is 11.1 Å². The Bertz CT molecular complexity index is 1210. The summed E-state index contributed by atoms with van der Waals surface area (Å²) in [5.41, 5.74) is 5.36. The molecule has 0 saturated heterocycles. The second-order valence-electron chi connectivity index (χ2n) is 7.02. The number of ether oxygens (including phenoxy) is 2. The fourth-order valence-corrected chi connectivity index (χ4v) is 3.94. The zero-order valence-electron chi connectivity index (χ0n) is 17.5. The Hall–Kier alpha value is -3.50. The van der Waals surface area contributed by atoms with Crippen LogP contribution in [-0.2, 0) is 6.54 Å². The SMILES string of the molecule is C=Cc1ccc(Cn2nc(-c3ccccc3OC)c(Cl)c2-c2ccccc2OC)cc1. The lowest BCUT2D eigenvalue weighted by molar-refractivity contribution is 0.416. The predicted molar refractivity (Wildman–Crippen MR) is 127 cm³/mol. The number of nitrogens with zero attached hydrogens (tertiary/aromatic N) is 2. The number of hydrogen-bond acceptors (Lipinski definition) is 3. The van der Waals surface area contributed by atoms with Crippen LogP contribution in [0, 0.1) is 0 Å². The first-order valence-electron chi connectivity index (χ1n) is 9.90. The third-order valence-corrected chi connectivity index (χ3v) is 5.52. The summed E-state index contributed by atoms with van der Waals surface area (Å²) < 4.78 is 13.1. The van der Waals surface area contributed by atoms with Gasteiger partial charge in [-0.05, 0) is 35.4 Å². The number of methoxy groups -OCH3 is 2. The molecule has 0 spiro atoms. The van der Waals surface area contributed by atoms with E-state index in [1.807, 2.05) is 71.4 Å². The molecule has 3 aromatic carbocycles. The molecule has 31 heavy (non-hydrogen) atoms. The first-order chi connectivity index (χ1) is 15.2. The first-order valence-corrected chi connectivity index (χ1v) is 10.3. The fraction of sp³-hybridized carbons (Fsp3) is 0.115. The molecule has 0 atom stereocenters. The molecule has 0 aliphatic carbocycles. The van der Waals surface area contributed by atoms with Crippen LogP contribution in [0.5, 0.6) is 11.5 Å². The third kappa shape index (κ3) is 4.07. The van der Waals surface area contributed by atoms with E-state index >= 15 is 0 Å². The molecule has 0 bridgehead atoms. The predicted octanol–water partition coefficient (Wildman–Crippen LogP) is 6.58.